The van der Waals surface area contributed by atoms with Gasteiger partial charge < -0.3 is 0 Å². The van der Waals surface area contributed by atoms with E-state index in [4.69, 9.17) is 11.6 Å². The summed E-state index contributed by atoms with van der Waals surface area (Å²) in [5.74, 6) is 0.526. The average Bonchev–Trinajstić information content (AvgIpc) is 2.98. The summed E-state index contributed by atoms with van der Waals surface area (Å²) in [5.41, 5.74) is 0. The summed E-state index contributed by atoms with van der Waals surface area (Å²) in [6.45, 7) is 0. The maximum Gasteiger partial charge on any atom is 0.252 e. The minimum absolute atomic E-state index is 0.212. The molecule has 16 heavy (non-hydrogen) atoms. The van der Waals surface area contributed by atoms with Gasteiger partial charge >= 0.3 is 0 Å². The van der Waals surface area contributed by atoms with Gasteiger partial charge in [-0.05, 0) is 31.4 Å². The van der Waals surface area contributed by atoms with E-state index in [2.05, 4.69) is 0 Å². The van der Waals surface area contributed by atoms with Crippen LogP contribution in [0.5, 0.6) is 0 Å². The molecule has 0 radical (unpaired) electrons. The smallest absolute Gasteiger partial charge is 0.206 e. The Labute approximate surface area is 105 Å². The zero-order valence-electron chi connectivity index (χ0n) is 9.02. The first-order valence-electron chi connectivity index (χ1n) is 5.18. The van der Waals surface area contributed by atoms with E-state index < -0.39 is 10.0 Å². The molecule has 1 aromatic heterocycles. The molecule has 1 aliphatic rings. The highest BCUT2D eigenvalue weighted by molar-refractivity contribution is 7.91. The summed E-state index contributed by atoms with van der Waals surface area (Å²) in [7, 11) is -1.60. The van der Waals surface area contributed by atoms with Crippen molar-refractivity contribution in [3.8, 4) is 0 Å². The molecule has 90 valence electrons. The normalized spacial score (nSPS) is 16.9. The largest absolute Gasteiger partial charge is 0.252 e. The molecule has 1 saturated carbocycles. The zero-order chi connectivity index (χ0) is 11.8. The van der Waals surface area contributed by atoms with Crippen molar-refractivity contribution in [3.05, 3.63) is 17.0 Å². The van der Waals surface area contributed by atoms with Crippen molar-refractivity contribution >= 4 is 33.0 Å². The predicted octanol–water partition coefficient (Wildman–Crippen LogP) is 2.31. The third-order valence-electron chi connectivity index (χ3n) is 2.67. The van der Waals surface area contributed by atoms with E-state index in [0.717, 1.165) is 24.1 Å². The second-order valence-electron chi connectivity index (χ2n) is 3.91. The highest BCUT2D eigenvalue weighted by Crippen LogP contribution is 2.32. The molecule has 0 aromatic carbocycles. The molecule has 0 saturated heterocycles. The van der Waals surface area contributed by atoms with E-state index in [-0.39, 0.29) is 6.04 Å². The maximum atomic E-state index is 12.1. The van der Waals surface area contributed by atoms with Crippen LogP contribution < -0.4 is 0 Å². The molecule has 0 aliphatic heterocycles. The first-order chi connectivity index (χ1) is 7.55. The Morgan fingerprint density at radius 3 is 2.75 bits per heavy atom. The van der Waals surface area contributed by atoms with Crippen LogP contribution in [-0.2, 0) is 16.4 Å². The van der Waals surface area contributed by atoms with E-state index in [1.807, 2.05) is 6.07 Å². The average molecular weight is 280 g/mol. The number of aryl methyl sites for hydroxylation is 1. The second-order valence-corrected chi connectivity index (χ2v) is 7.68. The van der Waals surface area contributed by atoms with Crippen molar-refractivity contribution < 1.29 is 8.42 Å². The number of alkyl halides is 1. The molecule has 3 nitrogen and oxygen atoms in total. The number of hydrogen-bond donors (Lipinski definition) is 0. The summed E-state index contributed by atoms with van der Waals surface area (Å²) < 4.78 is 26.2. The monoisotopic (exact) mass is 279 g/mol. The molecular formula is C10H14ClNO2S2. The number of halogens is 1. The van der Waals surface area contributed by atoms with Crippen LogP contribution in [0.2, 0.25) is 0 Å². The third kappa shape index (κ3) is 2.42. The predicted molar refractivity (Wildman–Crippen MR) is 66.7 cm³/mol. The molecule has 2 rings (SSSR count). The van der Waals surface area contributed by atoms with Crippen LogP contribution >= 0.6 is 22.9 Å². The van der Waals surface area contributed by atoms with Crippen molar-refractivity contribution in [2.24, 2.45) is 0 Å². The number of thiophene rings is 1. The van der Waals surface area contributed by atoms with E-state index in [1.54, 1.807) is 13.1 Å². The molecule has 6 heteroatoms. The van der Waals surface area contributed by atoms with E-state index in [0.29, 0.717) is 10.1 Å². The van der Waals surface area contributed by atoms with Crippen LogP contribution in [0.25, 0.3) is 0 Å². The molecule has 1 aromatic rings. The van der Waals surface area contributed by atoms with Gasteiger partial charge in [0.15, 0.2) is 0 Å². The van der Waals surface area contributed by atoms with Crippen molar-refractivity contribution in [3.63, 3.8) is 0 Å². The van der Waals surface area contributed by atoms with Crippen LogP contribution in [0.1, 0.15) is 17.7 Å². The summed E-state index contributed by atoms with van der Waals surface area (Å²) in [6.07, 6.45) is 2.69. The molecular weight excluding hydrogens is 266 g/mol. The zero-order valence-corrected chi connectivity index (χ0v) is 11.4. The van der Waals surface area contributed by atoms with Crippen molar-refractivity contribution in [1.82, 2.24) is 4.31 Å². The number of hydrogen-bond acceptors (Lipinski definition) is 3. The van der Waals surface area contributed by atoms with Crippen LogP contribution in [-0.4, -0.2) is 31.7 Å². The summed E-state index contributed by atoms with van der Waals surface area (Å²) in [4.78, 5) is 1.03. The molecule has 0 N–H and O–H groups in total. The summed E-state index contributed by atoms with van der Waals surface area (Å²) in [5, 5.41) is 0. The van der Waals surface area contributed by atoms with Crippen molar-refractivity contribution in [1.29, 1.82) is 0 Å². The van der Waals surface area contributed by atoms with Gasteiger partial charge in [0.05, 0.1) is 0 Å². The van der Waals surface area contributed by atoms with Gasteiger partial charge in [-0.2, -0.15) is 4.31 Å². The van der Waals surface area contributed by atoms with Gasteiger partial charge in [0, 0.05) is 23.8 Å². The second kappa shape index (κ2) is 4.64. The van der Waals surface area contributed by atoms with Gasteiger partial charge in [-0.3, -0.25) is 0 Å². The fraction of sp³-hybridized carbons (Fsp3) is 0.600. The Bertz CT molecular complexity index is 465. The molecule has 1 aliphatic carbocycles. The van der Waals surface area contributed by atoms with E-state index >= 15 is 0 Å². The lowest BCUT2D eigenvalue weighted by Crippen LogP contribution is -2.28. The summed E-state index contributed by atoms with van der Waals surface area (Å²) >= 11 is 6.95. The third-order valence-corrected chi connectivity index (χ3v) is 6.38. The van der Waals surface area contributed by atoms with Crippen LogP contribution in [0.4, 0.5) is 0 Å². The van der Waals surface area contributed by atoms with Crippen molar-refractivity contribution in [2.45, 2.75) is 29.5 Å². The maximum absolute atomic E-state index is 12.1. The molecule has 0 bridgehead atoms. The highest BCUT2D eigenvalue weighted by Gasteiger charge is 2.35. The van der Waals surface area contributed by atoms with Gasteiger partial charge in [-0.15, -0.1) is 22.9 Å². The Hall–Kier alpha value is -0.100. The van der Waals surface area contributed by atoms with Gasteiger partial charge in [-0.25, -0.2) is 8.42 Å². The molecule has 1 heterocycles. The Balaban J connectivity index is 2.21. The standard InChI is InChI=1S/C10H14ClNO2S2/c1-12(8-2-3-8)16(13,14)10-5-4-9(15-10)6-7-11/h4-5,8H,2-3,6-7H2,1H3. The number of sulfonamides is 1. The lowest BCUT2D eigenvalue weighted by atomic mass is 10.4. The topological polar surface area (TPSA) is 37.4 Å². The highest BCUT2D eigenvalue weighted by atomic mass is 35.5. The first kappa shape index (κ1) is 12.4. The Morgan fingerprint density at radius 1 is 1.50 bits per heavy atom. The SMILES string of the molecule is CN(C1CC1)S(=O)(=O)c1ccc(CCCl)s1. The fourth-order valence-electron chi connectivity index (χ4n) is 1.50. The lowest BCUT2D eigenvalue weighted by Gasteiger charge is -2.14. The lowest BCUT2D eigenvalue weighted by molar-refractivity contribution is 0.466. The Morgan fingerprint density at radius 2 is 2.19 bits per heavy atom. The van der Waals surface area contributed by atoms with Gasteiger partial charge in [0.2, 0.25) is 0 Å². The Kier molecular flexibility index (Phi) is 3.59. The van der Waals surface area contributed by atoms with Crippen molar-refractivity contribution in [2.75, 3.05) is 12.9 Å². The summed E-state index contributed by atoms with van der Waals surface area (Å²) in [6, 6.07) is 3.74. The number of nitrogens with zero attached hydrogens (tertiary/aromatic N) is 1. The molecule has 0 amide bonds. The molecule has 0 spiro atoms. The quantitative estimate of drug-likeness (QED) is 0.776. The minimum Gasteiger partial charge on any atom is -0.206 e. The van der Waals surface area contributed by atoms with E-state index in [1.165, 1.54) is 15.6 Å². The van der Waals surface area contributed by atoms with Gasteiger partial charge in [-0.1, -0.05) is 0 Å². The van der Waals surface area contributed by atoms with Crippen LogP contribution in [0, 0.1) is 0 Å². The van der Waals surface area contributed by atoms with E-state index in [9.17, 15) is 8.42 Å². The van der Waals surface area contributed by atoms with Gasteiger partial charge in [0.1, 0.15) is 4.21 Å². The minimum atomic E-state index is -3.26. The van der Waals surface area contributed by atoms with Crippen LogP contribution in [0.3, 0.4) is 0 Å². The van der Waals surface area contributed by atoms with Crippen LogP contribution in [0.15, 0.2) is 16.3 Å². The first-order valence-corrected chi connectivity index (χ1v) is 7.97. The van der Waals surface area contributed by atoms with Gasteiger partial charge in [0.25, 0.3) is 10.0 Å². The molecule has 0 unspecified atom stereocenters. The molecule has 1 fully saturated rings. The fourth-order valence-corrected chi connectivity index (χ4v) is 4.77. The number of rotatable bonds is 5. The molecule has 0 atom stereocenters.